The molecule has 140 valence electrons. The summed E-state index contributed by atoms with van der Waals surface area (Å²) in [6.07, 6.45) is 16.0. The second-order valence-electron chi connectivity index (χ2n) is 6.32. The number of carboxylic acid groups (broad SMARTS) is 1. The van der Waals surface area contributed by atoms with Crippen molar-refractivity contribution in [3.05, 3.63) is 0 Å². The van der Waals surface area contributed by atoms with Gasteiger partial charge in [0.05, 0.1) is 0 Å². The molecule has 0 aromatic rings. The van der Waals surface area contributed by atoms with Gasteiger partial charge in [0, 0.05) is 6.61 Å². The zero-order valence-corrected chi connectivity index (χ0v) is 20.3. The van der Waals surface area contributed by atoms with Gasteiger partial charge in [-0.1, -0.05) is 83.5 Å². The molecule has 0 saturated carbocycles. The van der Waals surface area contributed by atoms with Crippen LogP contribution in [0.15, 0.2) is 0 Å². The number of rotatable bonds is 17. The normalized spacial score (nSPS) is 11.9. The molecule has 0 heterocycles. The molecule has 4 nitrogen and oxygen atoms in total. The van der Waals surface area contributed by atoms with Gasteiger partial charge in [-0.25, -0.2) is 4.79 Å². The van der Waals surface area contributed by atoms with Crippen molar-refractivity contribution in [2.75, 3.05) is 6.61 Å². The number of hydrogen-bond acceptors (Lipinski definition) is 3. The number of aliphatic hydroxyl groups is 2. The first kappa shape index (κ1) is 25.5. The summed E-state index contributed by atoms with van der Waals surface area (Å²) < 4.78 is 0. The van der Waals surface area contributed by atoms with Crippen molar-refractivity contribution in [3.63, 3.8) is 0 Å². The minimum absolute atomic E-state index is 0. The Hall–Kier alpha value is 0.273. The number of hydrogen-bond donors (Lipinski definition) is 3. The summed E-state index contributed by atoms with van der Waals surface area (Å²) in [5.41, 5.74) is 0. The molecule has 1 unspecified atom stereocenters. The van der Waals surface area contributed by atoms with Gasteiger partial charge < -0.3 is 15.3 Å². The van der Waals surface area contributed by atoms with Crippen molar-refractivity contribution in [1.82, 2.24) is 0 Å². The molecule has 1 atom stereocenters. The van der Waals surface area contributed by atoms with Gasteiger partial charge in [0.1, 0.15) is 0 Å². The molecule has 0 aromatic carbocycles. The molecular formula is C18H39BiO4. The number of carboxylic acids is 1. The Labute approximate surface area is 161 Å². The Morgan fingerprint density at radius 2 is 0.957 bits per heavy atom. The van der Waals surface area contributed by atoms with Crippen LogP contribution >= 0.6 is 0 Å². The van der Waals surface area contributed by atoms with E-state index in [1.54, 1.807) is 0 Å². The maximum absolute atomic E-state index is 10.4. The van der Waals surface area contributed by atoms with Gasteiger partial charge in [-0.05, 0) is 12.8 Å². The zero-order chi connectivity index (χ0) is 16.5. The average Bonchev–Trinajstić information content (AvgIpc) is 2.50. The summed E-state index contributed by atoms with van der Waals surface area (Å²) in [6, 6.07) is 0. The van der Waals surface area contributed by atoms with Crippen LogP contribution < -0.4 is 0 Å². The zero-order valence-electron chi connectivity index (χ0n) is 14.8. The van der Waals surface area contributed by atoms with Gasteiger partial charge in [-0.2, -0.15) is 0 Å². The van der Waals surface area contributed by atoms with Crippen molar-refractivity contribution in [2.24, 2.45) is 0 Å². The first-order valence-electron chi connectivity index (χ1n) is 9.20. The second-order valence-corrected chi connectivity index (χ2v) is 6.32. The minimum atomic E-state index is -1.18. The summed E-state index contributed by atoms with van der Waals surface area (Å²) >= 11 is 0. The second kappa shape index (κ2) is 20.3. The van der Waals surface area contributed by atoms with Gasteiger partial charge in [0.25, 0.3) is 0 Å². The van der Waals surface area contributed by atoms with Crippen molar-refractivity contribution in [3.8, 4) is 0 Å². The van der Waals surface area contributed by atoms with Crippen LogP contribution in [0.2, 0.25) is 0 Å². The van der Waals surface area contributed by atoms with Gasteiger partial charge in [0.2, 0.25) is 0 Å². The van der Waals surface area contributed by atoms with E-state index in [-0.39, 0.29) is 26.2 Å². The topological polar surface area (TPSA) is 77.8 Å². The third kappa shape index (κ3) is 20.2. The molecule has 0 aliphatic carbocycles. The van der Waals surface area contributed by atoms with Crippen LogP contribution in [0.25, 0.3) is 0 Å². The summed E-state index contributed by atoms with van der Waals surface area (Å²) in [5.74, 6) is -1.10. The summed E-state index contributed by atoms with van der Waals surface area (Å²) in [7, 11) is 0. The molecule has 0 aromatic heterocycles. The standard InChI is InChI=1S/C18H36O4.Bi.3H/c19-16-14-12-10-8-6-4-2-1-3-5-7-9-11-13-15-17(20)18(21)22;;;;/h17,19-20H,1-16H2,(H,21,22);;;;. The van der Waals surface area contributed by atoms with Crippen LogP contribution in [-0.2, 0) is 4.79 Å². The molecule has 0 bridgehead atoms. The van der Waals surface area contributed by atoms with Crippen LogP contribution in [0, 0.1) is 0 Å². The van der Waals surface area contributed by atoms with E-state index in [0.717, 1.165) is 25.7 Å². The SMILES string of the molecule is O=C(O)C(O)CCCCCCCCCCCCCCCCO.[BiH3]. The van der Waals surface area contributed by atoms with E-state index in [4.69, 9.17) is 15.3 Å². The first-order valence-corrected chi connectivity index (χ1v) is 9.20. The van der Waals surface area contributed by atoms with E-state index in [1.165, 1.54) is 64.2 Å². The first-order chi connectivity index (χ1) is 10.7. The van der Waals surface area contributed by atoms with Gasteiger partial charge in [-0.3, -0.25) is 0 Å². The quantitative estimate of drug-likeness (QED) is 0.200. The van der Waals surface area contributed by atoms with Crippen LogP contribution in [0.4, 0.5) is 0 Å². The van der Waals surface area contributed by atoms with Crippen LogP contribution in [0.5, 0.6) is 0 Å². The third-order valence-electron chi connectivity index (χ3n) is 4.17. The molecule has 0 radical (unpaired) electrons. The Morgan fingerprint density at radius 1 is 0.652 bits per heavy atom. The molecule has 23 heavy (non-hydrogen) atoms. The Morgan fingerprint density at radius 3 is 1.26 bits per heavy atom. The van der Waals surface area contributed by atoms with Gasteiger partial charge in [0.15, 0.2) is 6.10 Å². The fourth-order valence-corrected chi connectivity index (χ4v) is 2.69. The molecule has 0 saturated heterocycles. The van der Waals surface area contributed by atoms with E-state index in [1.807, 2.05) is 0 Å². The summed E-state index contributed by atoms with van der Waals surface area (Å²) in [4.78, 5) is 10.4. The van der Waals surface area contributed by atoms with Crippen LogP contribution in [-0.4, -0.2) is 60.2 Å². The van der Waals surface area contributed by atoms with Crippen molar-refractivity contribution in [1.29, 1.82) is 0 Å². The van der Waals surface area contributed by atoms with E-state index in [0.29, 0.717) is 13.0 Å². The molecular weight excluding hydrogens is 489 g/mol. The van der Waals surface area contributed by atoms with E-state index >= 15 is 0 Å². The summed E-state index contributed by atoms with van der Waals surface area (Å²) in [5, 5.41) is 26.3. The predicted molar refractivity (Wildman–Crippen MR) is 99.9 cm³/mol. The fourth-order valence-electron chi connectivity index (χ4n) is 2.69. The van der Waals surface area contributed by atoms with E-state index in [9.17, 15) is 4.79 Å². The third-order valence-corrected chi connectivity index (χ3v) is 4.17. The predicted octanol–water partition coefficient (Wildman–Crippen LogP) is 3.09. The van der Waals surface area contributed by atoms with Gasteiger partial charge in [-0.15, -0.1) is 0 Å². The summed E-state index contributed by atoms with van der Waals surface area (Å²) in [6.45, 7) is 0.333. The Kier molecular flexibility index (Phi) is 22.5. The van der Waals surface area contributed by atoms with Crippen molar-refractivity contribution >= 4 is 32.2 Å². The van der Waals surface area contributed by atoms with E-state index in [2.05, 4.69) is 0 Å². The average molecular weight is 528 g/mol. The van der Waals surface area contributed by atoms with E-state index < -0.39 is 12.1 Å². The fraction of sp³-hybridized carbons (Fsp3) is 0.944. The Balaban J connectivity index is 0. The molecule has 5 heteroatoms. The maximum atomic E-state index is 10.4. The molecule has 3 N–H and O–H groups in total. The number of carbonyl (C=O) groups is 1. The van der Waals surface area contributed by atoms with Crippen molar-refractivity contribution < 1.29 is 20.1 Å². The van der Waals surface area contributed by atoms with Crippen LogP contribution in [0.1, 0.15) is 96.3 Å². The number of unbranched alkanes of at least 4 members (excludes halogenated alkanes) is 13. The monoisotopic (exact) mass is 528 g/mol. The molecule has 0 amide bonds. The van der Waals surface area contributed by atoms with Crippen molar-refractivity contribution in [2.45, 2.75) is 102 Å². The molecule has 0 spiro atoms. The Bertz CT molecular complexity index is 249. The molecule has 0 fully saturated rings. The van der Waals surface area contributed by atoms with Gasteiger partial charge >= 0.3 is 32.2 Å². The molecule has 0 aliphatic rings. The number of aliphatic hydroxyl groups excluding tert-OH is 2. The molecule has 0 aliphatic heterocycles. The number of aliphatic carboxylic acids is 1. The molecule has 0 rings (SSSR count). The van der Waals surface area contributed by atoms with Crippen LogP contribution in [0.3, 0.4) is 0 Å².